The van der Waals surface area contributed by atoms with Gasteiger partial charge in [-0.1, -0.05) is 6.07 Å². The Balaban J connectivity index is 1.92. The summed E-state index contributed by atoms with van der Waals surface area (Å²) in [5.74, 6) is -1.41. The Morgan fingerprint density at radius 3 is 1.29 bits per heavy atom. The number of nitrogens with zero attached hydrogens (tertiary/aromatic N) is 2. The van der Waals surface area contributed by atoms with Gasteiger partial charge in [0.1, 0.15) is 23.0 Å². The van der Waals surface area contributed by atoms with Crippen LogP contribution in [0.3, 0.4) is 0 Å². The summed E-state index contributed by atoms with van der Waals surface area (Å²) in [5.41, 5.74) is -4.43. The van der Waals surface area contributed by atoms with Gasteiger partial charge in [-0.15, -0.1) is 0 Å². The van der Waals surface area contributed by atoms with Crippen molar-refractivity contribution in [1.29, 1.82) is 0 Å². The van der Waals surface area contributed by atoms with Gasteiger partial charge in [-0.25, -0.2) is 0 Å². The number of hydrogen-bond donors (Lipinski definition) is 0. The van der Waals surface area contributed by atoms with E-state index in [1.807, 2.05) is 0 Å². The molecule has 0 heterocycles. The van der Waals surface area contributed by atoms with E-state index in [1.54, 1.807) is 0 Å². The second-order valence-electron chi connectivity index (χ2n) is 6.62. The maximum absolute atomic E-state index is 13.0. The fourth-order valence-corrected chi connectivity index (χ4v) is 2.70. The molecule has 14 heteroatoms. The number of nitro groups is 2. The van der Waals surface area contributed by atoms with Gasteiger partial charge in [-0.3, -0.25) is 20.2 Å². The number of alkyl halides is 6. The maximum atomic E-state index is 13.0. The predicted octanol–water partition coefficient (Wildman–Crippen LogP) is 7.13. The second-order valence-corrected chi connectivity index (χ2v) is 6.62. The van der Waals surface area contributed by atoms with E-state index in [4.69, 9.17) is 9.47 Å². The highest BCUT2D eigenvalue weighted by molar-refractivity contribution is 5.48. The van der Waals surface area contributed by atoms with Crippen molar-refractivity contribution in [3.63, 3.8) is 0 Å². The van der Waals surface area contributed by atoms with Gasteiger partial charge in [0.15, 0.2) is 0 Å². The summed E-state index contributed by atoms with van der Waals surface area (Å²) >= 11 is 0. The Labute approximate surface area is 185 Å². The fraction of sp³-hybridized carbons (Fsp3) is 0.100. The molecule has 0 fully saturated rings. The van der Waals surface area contributed by atoms with Crippen LogP contribution in [0.1, 0.15) is 11.1 Å². The van der Waals surface area contributed by atoms with Gasteiger partial charge in [-0.2, -0.15) is 26.3 Å². The summed E-state index contributed by atoms with van der Waals surface area (Å²) in [7, 11) is 0. The largest absolute Gasteiger partial charge is 0.457 e. The molecule has 0 unspecified atom stereocenters. The first kappa shape index (κ1) is 24.3. The molecule has 0 spiro atoms. The molecule has 0 N–H and O–H groups in total. The summed E-state index contributed by atoms with van der Waals surface area (Å²) in [4.78, 5) is 19.8. The highest BCUT2D eigenvalue weighted by Crippen LogP contribution is 2.38. The quantitative estimate of drug-likeness (QED) is 0.208. The van der Waals surface area contributed by atoms with Crippen molar-refractivity contribution in [2.75, 3.05) is 0 Å². The third kappa shape index (κ3) is 5.90. The molecular weight excluding hydrogens is 478 g/mol. The van der Waals surface area contributed by atoms with Gasteiger partial charge in [-0.05, 0) is 24.3 Å². The summed E-state index contributed by atoms with van der Waals surface area (Å²) in [6.07, 6.45) is -9.79. The highest BCUT2D eigenvalue weighted by atomic mass is 19.4. The van der Waals surface area contributed by atoms with Crippen molar-refractivity contribution in [1.82, 2.24) is 0 Å². The molecule has 0 saturated carbocycles. The Morgan fingerprint density at radius 1 is 0.588 bits per heavy atom. The minimum Gasteiger partial charge on any atom is -0.457 e. The number of rotatable bonds is 6. The van der Waals surface area contributed by atoms with E-state index >= 15 is 0 Å². The van der Waals surface area contributed by atoms with Crippen LogP contribution in [0.25, 0.3) is 0 Å². The average Bonchev–Trinajstić information content (AvgIpc) is 2.72. The third-order valence-corrected chi connectivity index (χ3v) is 4.14. The van der Waals surface area contributed by atoms with Gasteiger partial charge >= 0.3 is 12.4 Å². The van der Waals surface area contributed by atoms with Gasteiger partial charge < -0.3 is 9.47 Å². The van der Waals surface area contributed by atoms with E-state index < -0.39 is 56.2 Å². The summed E-state index contributed by atoms with van der Waals surface area (Å²) < 4.78 is 88.7. The van der Waals surface area contributed by atoms with E-state index in [0.29, 0.717) is 24.3 Å². The Morgan fingerprint density at radius 2 is 0.971 bits per heavy atom. The molecule has 3 aromatic carbocycles. The highest BCUT2D eigenvalue weighted by Gasteiger charge is 2.34. The zero-order chi connectivity index (χ0) is 25.3. The lowest BCUT2D eigenvalue weighted by Gasteiger charge is -2.12. The van der Waals surface area contributed by atoms with Crippen LogP contribution < -0.4 is 9.47 Å². The Kier molecular flexibility index (Phi) is 6.34. The molecular formula is C20H10F6N2O6. The number of nitro benzene ring substituents is 2. The molecule has 0 saturated heterocycles. The van der Waals surface area contributed by atoms with Crippen LogP contribution in [0.5, 0.6) is 23.0 Å². The van der Waals surface area contributed by atoms with E-state index in [1.165, 1.54) is 18.2 Å². The topological polar surface area (TPSA) is 105 Å². The maximum Gasteiger partial charge on any atom is 0.416 e. The average molecular weight is 488 g/mol. The molecule has 0 aliphatic carbocycles. The van der Waals surface area contributed by atoms with E-state index in [0.717, 1.165) is 18.2 Å². The smallest absolute Gasteiger partial charge is 0.416 e. The van der Waals surface area contributed by atoms with Crippen LogP contribution in [0.2, 0.25) is 0 Å². The van der Waals surface area contributed by atoms with Crippen molar-refractivity contribution < 1.29 is 45.7 Å². The zero-order valence-corrected chi connectivity index (χ0v) is 16.4. The summed E-state index contributed by atoms with van der Waals surface area (Å²) in [6, 6.07) is 8.03. The van der Waals surface area contributed by atoms with Crippen molar-refractivity contribution >= 4 is 11.4 Å². The van der Waals surface area contributed by atoms with E-state index in [-0.39, 0.29) is 11.5 Å². The SMILES string of the molecule is O=[N+]([O-])c1cc(Oc2cccc(Oc3cc([N+](=O)[O-])cc(C(F)(F)F)c3)c2)cc(C(F)(F)F)c1. The summed E-state index contributed by atoms with van der Waals surface area (Å²) in [5, 5.41) is 21.9. The van der Waals surface area contributed by atoms with Crippen LogP contribution in [-0.4, -0.2) is 9.85 Å². The first-order valence-electron chi connectivity index (χ1n) is 8.91. The molecule has 178 valence electrons. The van der Waals surface area contributed by atoms with Crippen molar-refractivity contribution in [2.45, 2.75) is 12.4 Å². The lowest BCUT2D eigenvalue weighted by Crippen LogP contribution is -2.06. The van der Waals surface area contributed by atoms with Crippen molar-refractivity contribution in [3.05, 3.63) is 92.0 Å². The normalized spacial score (nSPS) is 11.7. The predicted molar refractivity (Wildman–Crippen MR) is 103 cm³/mol. The third-order valence-electron chi connectivity index (χ3n) is 4.14. The molecule has 8 nitrogen and oxygen atoms in total. The number of non-ortho nitro benzene ring substituents is 2. The lowest BCUT2D eigenvalue weighted by atomic mass is 10.2. The minimum absolute atomic E-state index is 0.174. The molecule has 0 aliphatic heterocycles. The van der Waals surface area contributed by atoms with Gasteiger partial charge in [0.2, 0.25) is 0 Å². The van der Waals surface area contributed by atoms with Crippen LogP contribution in [0.15, 0.2) is 60.7 Å². The van der Waals surface area contributed by atoms with E-state index in [2.05, 4.69) is 0 Å². The minimum atomic E-state index is -4.90. The molecule has 0 atom stereocenters. The molecule has 0 aromatic heterocycles. The molecule has 0 amide bonds. The first-order valence-corrected chi connectivity index (χ1v) is 8.91. The number of halogens is 6. The van der Waals surface area contributed by atoms with Crippen LogP contribution in [0.4, 0.5) is 37.7 Å². The molecule has 3 aromatic rings. The number of ether oxygens (including phenoxy) is 2. The van der Waals surface area contributed by atoms with Crippen molar-refractivity contribution in [2.24, 2.45) is 0 Å². The molecule has 3 rings (SSSR count). The van der Waals surface area contributed by atoms with E-state index in [9.17, 15) is 46.6 Å². The van der Waals surface area contributed by atoms with Gasteiger partial charge in [0, 0.05) is 18.2 Å². The van der Waals surface area contributed by atoms with Crippen LogP contribution >= 0.6 is 0 Å². The summed E-state index contributed by atoms with van der Waals surface area (Å²) in [6.45, 7) is 0. The van der Waals surface area contributed by atoms with Gasteiger partial charge in [0.05, 0.1) is 33.1 Å². The standard InChI is InChI=1S/C20H10F6N2O6/c21-19(22,23)11-4-13(27(29)30)8-17(6-11)33-15-2-1-3-16(10-15)34-18-7-12(20(24,25)26)5-14(9-18)28(31)32/h1-10H. The van der Waals surface area contributed by atoms with Gasteiger partial charge in [0.25, 0.3) is 11.4 Å². The van der Waals surface area contributed by atoms with Crippen LogP contribution in [0, 0.1) is 20.2 Å². The second kappa shape index (κ2) is 8.88. The molecule has 34 heavy (non-hydrogen) atoms. The first-order chi connectivity index (χ1) is 15.7. The van der Waals surface area contributed by atoms with Crippen LogP contribution in [-0.2, 0) is 12.4 Å². The Hall–Kier alpha value is -4.36. The molecule has 0 radical (unpaired) electrons. The molecule has 0 aliphatic rings. The molecule has 0 bridgehead atoms. The number of hydrogen-bond acceptors (Lipinski definition) is 6. The lowest BCUT2D eigenvalue weighted by molar-refractivity contribution is -0.385. The fourth-order valence-electron chi connectivity index (χ4n) is 2.70. The monoisotopic (exact) mass is 488 g/mol. The Bertz CT molecular complexity index is 1170. The number of benzene rings is 3. The van der Waals surface area contributed by atoms with Crippen molar-refractivity contribution in [3.8, 4) is 23.0 Å². The zero-order valence-electron chi connectivity index (χ0n) is 16.4.